The number of nitrogens with zero attached hydrogens (tertiary/aromatic N) is 3. The summed E-state index contributed by atoms with van der Waals surface area (Å²) >= 11 is 7.45. The summed E-state index contributed by atoms with van der Waals surface area (Å²) in [6.07, 6.45) is 0. The van der Waals surface area contributed by atoms with Crippen LogP contribution in [0.15, 0.2) is 53.7 Å². The van der Waals surface area contributed by atoms with E-state index in [-0.39, 0.29) is 18.3 Å². The third-order valence-corrected chi connectivity index (χ3v) is 5.36. The molecule has 0 saturated heterocycles. The minimum absolute atomic E-state index is 0.122. The third kappa shape index (κ3) is 5.90. The quantitative estimate of drug-likeness (QED) is 0.456. The van der Waals surface area contributed by atoms with Crippen LogP contribution >= 0.6 is 23.4 Å². The van der Waals surface area contributed by atoms with Crippen molar-refractivity contribution in [2.45, 2.75) is 32.2 Å². The Balaban J connectivity index is 1.55. The summed E-state index contributed by atoms with van der Waals surface area (Å²) < 4.78 is 13.1. The van der Waals surface area contributed by atoms with E-state index in [0.717, 1.165) is 11.4 Å². The number of hydrogen-bond acceptors (Lipinski definition) is 6. The van der Waals surface area contributed by atoms with E-state index in [9.17, 15) is 4.79 Å². The molecule has 30 heavy (non-hydrogen) atoms. The number of rotatable bonds is 10. The van der Waals surface area contributed by atoms with Crippen LogP contribution in [0.1, 0.15) is 19.7 Å². The first-order valence-corrected chi connectivity index (χ1v) is 10.9. The first kappa shape index (κ1) is 22.0. The fourth-order valence-electron chi connectivity index (χ4n) is 2.68. The highest BCUT2D eigenvalue weighted by Gasteiger charge is 2.14. The molecule has 0 atom stereocenters. The number of ether oxygens (including phenoxy) is 2. The van der Waals surface area contributed by atoms with E-state index in [0.29, 0.717) is 34.9 Å². The zero-order valence-electron chi connectivity index (χ0n) is 16.8. The molecule has 1 amide bonds. The summed E-state index contributed by atoms with van der Waals surface area (Å²) in [7, 11) is 0. The van der Waals surface area contributed by atoms with E-state index in [2.05, 4.69) is 15.5 Å². The van der Waals surface area contributed by atoms with E-state index in [1.54, 1.807) is 12.1 Å². The van der Waals surface area contributed by atoms with Crippen LogP contribution < -0.4 is 14.8 Å². The summed E-state index contributed by atoms with van der Waals surface area (Å²) in [5.41, 5.74) is 0.717. The lowest BCUT2D eigenvalue weighted by atomic mass is 10.3. The highest BCUT2D eigenvalue weighted by atomic mass is 35.5. The van der Waals surface area contributed by atoms with E-state index in [1.807, 2.05) is 54.8 Å². The van der Waals surface area contributed by atoms with Gasteiger partial charge in [-0.3, -0.25) is 4.79 Å². The fraction of sp³-hybridized carbons (Fsp3) is 0.286. The topological polar surface area (TPSA) is 78.3 Å². The molecule has 0 bridgehead atoms. The molecule has 1 heterocycles. The van der Waals surface area contributed by atoms with Gasteiger partial charge in [0.1, 0.15) is 18.1 Å². The van der Waals surface area contributed by atoms with E-state index < -0.39 is 0 Å². The number of thioether (sulfide) groups is 1. The average molecular weight is 447 g/mol. The second-order valence-corrected chi connectivity index (χ2v) is 7.51. The zero-order valence-corrected chi connectivity index (χ0v) is 18.4. The molecule has 0 aliphatic carbocycles. The van der Waals surface area contributed by atoms with Gasteiger partial charge in [0, 0.05) is 12.2 Å². The minimum atomic E-state index is -0.122. The molecule has 3 rings (SSSR count). The summed E-state index contributed by atoms with van der Waals surface area (Å²) in [5.74, 6) is 2.13. The second kappa shape index (κ2) is 10.9. The highest BCUT2D eigenvalue weighted by molar-refractivity contribution is 7.99. The van der Waals surface area contributed by atoms with E-state index >= 15 is 0 Å². The van der Waals surface area contributed by atoms with Gasteiger partial charge < -0.3 is 19.4 Å². The zero-order chi connectivity index (χ0) is 21.3. The number of anilines is 1. The summed E-state index contributed by atoms with van der Waals surface area (Å²) in [5, 5.41) is 12.5. The van der Waals surface area contributed by atoms with Gasteiger partial charge in [0.25, 0.3) is 0 Å². The highest BCUT2D eigenvalue weighted by Crippen LogP contribution is 2.25. The van der Waals surface area contributed by atoms with Gasteiger partial charge in [-0.15, -0.1) is 10.2 Å². The lowest BCUT2D eigenvalue weighted by Crippen LogP contribution is -2.15. The molecular weight excluding hydrogens is 424 g/mol. The molecule has 9 heteroatoms. The lowest BCUT2D eigenvalue weighted by molar-refractivity contribution is -0.113. The molecule has 2 aromatic carbocycles. The van der Waals surface area contributed by atoms with Gasteiger partial charge in [-0.2, -0.15) is 0 Å². The lowest BCUT2D eigenvalue weighted by Gasteiger charge is -2.10. The molecule has 1 N–H and O–H groups in total. The number of hydrogen-bond donors (Lipinski definition) is 1. The van der Waals surface area contributed by atoms with E-state index in [1.165, 1.54) is 11.8 Å². The predicted octanol–water partition coefficient (Wildman–Crippen LogP) is 4.66. The van der Waals surface area contributed by atoms with Gasteiger partial charge >= 0.3 is 0 Å². The second-order valence-electron chi connectivity index (χ2n) is 6.16. The Kier molecular flexibility index (Phi) is 7.98. The first-order chi connectivity index (χ1) is 14.6. The number of amides is 1. The Hall–Kier alpha value is -2.71. The SMILES string of the molecule is CCOc1ccc(NC(=O)CSc2nnc(COc3ccccc3Cl)n2CC)cc1. The molecule has 0 aliphatic rings. The molecule has 0 fully saturated rings. The molecule has 0 radical (unpaired) electrons. The monoisotopic (exact) mass is 446 g/mol. The Morgan fingerprint density at radius 2 is 1.87 bits per heavy atom. The van der Waals surface area contributed by atoms with Crippen molar-refractivity contribution in [3.63, 3.8) is 0 Å². The molecule has 3 aromatic rings. The molecule has 158 valence electrons. The fourth-order valence-corrected chi connectivity index (χ4v) is 3.69. The number of benzene rings is 2. The van der Waals surface area contributed by atoms with Crippen LogP contribution in [-0.2, 0) is 17.9 Å². The van der Waals surface area contributed by atoms with Gasteiger partial charge in [-0.05, 0) is 50.2 Å². The normalized spacial score (nSPS) is 10.6. The van der Waals surface area contributed by atoms with Crippen LogP contribution in [0.2, 0.25) is 5.02 Å². The third-order valence-electron chi connectivity index (χ3n) is 4.08. The van der Waals surface area contributed by atoms with Gasteiger partial charge in [0.2, 0.25) is 5.91 Å². The van der Waals surface area contributed by atoms with Gasteiger partial charge in [-0.1, -0.05) is 35.5 Å². The number of aromatic nitrogens is 3. The maximum atomic E-state index is 12.3. The predicted molar refractivity (Wildman–Crippen MR) is 118 cm³/mol. The van der Waals surface area contributed by atoms with Crippen molar-refractivity contribution in [1.29, 1.82) is 0 Å². The first-order valence-electron chi connectivity index (χ1n) is 9.55. The minimum Gasteiger partial charge on any atom is -0.494 e. The molecular formula is C21H23ClN4O3S. The van der Waals surface area contributed by atoms with E-state index in [4.69, 9.17) is 21.1 Å². The van der Waals surface area contributed by atoms with Crippen molar-refractivity contribution in [3.05, 3.63) is 59.4 Å². The molecule has 7 nitrogen and oxygen atoms in total. The Morgan fingerprint density at radius 3 is 2.57 bits per heavy atom. The van der Waals surface area contributed by atoms with Crippen LogP contribution in [0.5, 0.6) is 11.5 Å². The summed E-state index contributed by atoms with van der Waals surface area (Å²) in [6, 6.07) is 14.5. The molecule has 0 unspecified atom stereocenters. The van der Waals surface area contributed by atoms with Crippen molar-refractivity contribution < 1.29 is 14.3 Å². The van der Waals surface area contributed by atoms with Crippen molar-refractivity contribution in [3.8, 4) is 11.5 Å². The number of nitrogens with one attached hydrogen (secondary N) is 1. The number of halogens is 1. The van der Waals surface area contributed by atoms with Crippen LogP contribution in [0.4, 0.5) is 5.69 Å². The summed E-state index contributed by atoms with van der Waals surface area (Å²) in [4.78, 5) is 12.3. The van der Waals surface area contributed by atoms with Crippen LogP contribution in [0.3, 0.4) is 0 Å². The molecule has 1 aromatic heterocycles. The Bertz CT molecular complexity index is 979. The number of para-hydroxylation sites is 1. The van der Waals surface area contributed by atoms with Crippen LogP contribution in [0, 0.1) is 0 Å². The smallest absolute Gasteiger partial charge is 0.234 e. The van der Waals surface area contributed by atoms with Crippen molar-refractivity contribution >= 4 is 35.0 Å². The number of carbonyl (C=O) groups is 1. The maximum Gasteiger partial charge on any atom is 0.234 e. The van der Waals surface area contributed by atoms with Crippen molar-refractivity contribution in [2.24, 2.45) is 0 Å². The van der Waals surface area contributed by atoms with Crippen LogP contribution in [-0.4, -0.2) is 33.0 Å². The Labute approximate surface area is 184 Å². The van der Waals surface area contributed by atoms with Gasteiger partial charge in [0.05, 0.1) is 17.4 Å². The van der Waals surface area contributed by atoms with Gasteiger partial charge in [0.15, 0.2) is 11.0 Å². The van der Waals surface area contributed by atoms with Gasteiger partial charge in [-0.25, -0.2) is 0 Å². The van der Waals surface area contributed by atoms with Crippen molar-refractivity contribution in [2.75, 3.05) is 17.7 Å². The Morgan fingerprint density at radius 1 is 1.10 bits per heavy atom. The van der Waals surface area contributed by atoms with Crippen molar-refractivity contribution in [1.82, 2.24) is 14.8 Å². The molecule has 0 aliphatic heterocycles. The number of carbonyl (C=O) groups excluding carboxylic acids is 1. The molecule has 0 saturated carbocycles. The largest absolute Gasteiger partial charge is 0.494 e. The maximum absolute atomic E-state index is 12.3. The average Bonchev–Trinajstić information content (AvgIpc) is 3.15. The standard InChI is InChI=1S/C21H23ClN4O3S/c1-3-26-19(13-29-18-8-6-5-7-17(18)22)24-25-21(26)30-14-20(27)23-15-9-11-16(12-10-15)28-4-2/h5-12H,3-4,13-14H2,1-2H3,(H,23,27). The van der Waals surface area contributed by atoms with Crippen LogP contribution in [0.25, 0.3) is 0 Å². The summed E-state index contributed by atoms with van der Waals surface area (Å²) in [6.45, 7) is 5.43. The molecule has 0 spiro atoms.